The topological polar surface area (TPSA) is 63.3 Å². The molecular weight excluding hydrogens is 230 g/mol. The first-order valence-electron chi connectivity index (χ1n) is 6.34. The lowest BCUT2D eigenvalue weighted by Crippen LogP contribution is -1.95. The van der Waals surface area contributed by atoms with Crippen molar-refractivity contribution in [2.45, 2.75) is 25.2 Å². The van der Waals surface area contributed by atoms with Crippen molar-refractivity contribution in [3.05, 3.63) is 29.7 Å². The van der Waals surface area contributed by atoms with Crippen LogP contribution in [0.3, 0.4) is 0 Å². The van der Waals surface area contributed by atoms with Gasteiger partial charge in [-0.3, -0.25) is 0 Å². The lowest BCUT2D eigenvalue weighted by molar-refractivity contribution is 0.0697. The molecule has 2 aromatic rings. The maximum atomic E-state index is 10.9. The highest BCUT2D eigenvalue weighted by Gasteiger charge is 2.47. The first kappa shape index (κ1) is 10.1. The Morgan fingerprint density at radius 3 is 2.78 bits per heavy atom. The van der Waals surface area contributed by atoms with Gasteiger partial charge in [0.2, 0.25) is 0 Å². The first-order chi connectivity index (χ1) is 8.70. The molecule has 1 N–H and O–H groups in total. The maximum absolute atomic E-state index is 10.9. The first-order valence-corrected chi connectivity index (χ1v) is 6.34. The van der Waals surface area contributed by atoms with Gasteiger partial charge in [-0.2, -0.15) is 0 Å². The zero-order chi connectivity index (χ0) is 12.3. The number of aromatic nitrogens is 1. The Balaban J connectivity index is 1.72. The molecule has 1 aromatic heterocycles. The zero-order valence-corrected chi connectivity index (χ0v) is 9.80. The van der Waals surface area contributed by atoms with Gasteiger partial charge in [-0.15, -0.1) is 0 Å². The van der Waals surface area contributed by atoms with Gasteiger partial charge in [0.1, 0.15) is 5.52 Å². The highest BCUT2D eigenvalue weighted by molar-refractivity contribution is 5.91. The van der Waals surface area contributed by atoms with Crippen molar-refractivity contribution in [2.24, 2.45) is 11.8 Å². The van der Waals surface area contributed by atoms with Crippen LogP contribution in [-0.2, 0) is 0 Å². The van der Waals surface area contributed by atoms with Gasteiger partial charge in [0.25, 0.3) is 0 Å². The van der Waals surface area contributed by atoms with Gasteiger partial charge >= 0.3 is 5.97 Å². The van der Waals surface area contributed by atoms with Crippen LogP contribution in [0.5, 0.6) is 0 Å². The SMILES string of the molecule is O=C(O)c1ccc2nc(C3CC4CC4C3)oc2c1. The predicted octanol–water partition coefficient (Wildman–Crippen LogP) is 3.04. The zero-order valence-electron chi connectivity index (χ0n) is 9.80. The molecule has 4 rings (SSSR count). The molecule has 92 valence electrons. The number of hydrogen-bond donors (Lipinski definition) is 1. The molecule has 0 saturated heterocycles. The third kappa shape index (κ3) is 1.45. The number of oxazole rings is 1. The molecule has 2 aliphatic rings. The molecule has 0 bridgehead atoms. The Labute approximate surface area is 104 Å². The van der Waals surface area contributed by atoms with Crippen molar-refractivity contribution in [2.75, 3.05) is 0 Å². The second kappa shape index (κ2) is 3.34. The van der Waals surface area contributed by atoms with Gasteiger partial charge in [-0.1, -0.05) is 0 Å². The van der Waals surface area contributed by atoms with Crippen LogP contribution in [0.1, 0.15) is 41.4 Å². The summed E-state index contributed by atoms with van der Waals surface area (Å²) in [7, 11) is 0. The number of rotatable bonds is 2. The standard InChI is InChI=1S/C14H13NO3/c16-14(17)7-1-2-11-12(6-7)18-13(15-11)10-4-8-3-9(8)5-10/h1-2,6,8-10H,3-5H2,(H,16,17). The Kier molecular flexibility index (Phi) is 1.88. The third-order valence-corrected chi connectivity index (χ3v) is 4.24. The molecule has 0 aliphatic heterocycles. The van der Waals surface area contributed by atoms with Crippen molar-refractivity contribution < 1.29 is 14.3 Å². The van der Waals surface area contributed by atoms with E-state index < -0.39 is 5.97 Å². The monoisotopic (exact) mass is 243 g/mol. The largest absolute Gasteiger partial charge is 0.478 e. The molecule has 2 aliphatic carbocycles. The summed E-state index contributed by atoms with van der Waals surface area (Å²) in [4.78, 5) is 15.4. The Morgan fingerprint density at radius 2 is 2.06 bits per heavy atom. The minimum atomic E-state index is -0.933. The number of nitrogens with zero attached hydrogens (tertiary/aromatic N) is 1. The Bertz CT molecular complexity index is 636. The van der Waals surface area contributed by atoms with E-state index in [1.807, 2.05) is 0 Å². The van der Waals surface area contributed by atoms with Crippen LogP contribution in [0.4, 0.5) is 0 Å². The summed E-state index contributed by atoms with van der Waals surface area (Å²) in [6.45, 7) is 0. The van der Waals surface area contributed by atoms with Crippen molar-refractivity contribution in [3.63, 3.8) is 0 Å². The van der Waals surface area contributed by atoms with Crippen LogP contribution >= 0.6 is 0 Å². The molecule has 1 aromatic carbocycles. The smallest absolute Gasteiger partial charge is 0.335 e. The fourth-order valence-electron chi connectivity index (χ4n) is 3.17. The summed E-state index contributed by atoms with van der Waals surface area (Å²) in [5, 5.41) is 8.94. The summed E-state index contributed by atoms with van der Waals surface area (Å²) in [6, 6.07) is 4.86. The molecule has 0 radical (unpaired) electrons. The average Bonchev–Trinajstić information content (AvgIpc) is 2.81. The lowest BCUT2D eigenvalue weighted by Gasteiger charge is -2.04. The normalized spacial score (nSPS) is 29.4. The van der Waals surface area contributed by atoms with Crippen LogP contribution in [0, 0.1) is 11.8 Å². The van der Waals surface area contributed by atoms with E-state index in [1.54, 1.807) is 18.2 Å². The van der Waals surface area contributed by atoms with Crippen LogP contribution in [0.2, 0.25) is 0 Å². The van der Waals surface area contributed by atoms with E-state index in [-0.39, 0.29) is 5.56 Å². The number of fused-ring (bicyclic) bond motifs is 2. The van der Waals surface area contributed by atoms with Gasteiger partial charge in [0, 0.05) is 5.92 Å². The number of carboxylic acid groups (broad SMARTS) is 1. The lowest BCUT2D eigenvalue weighted by atomic mass is 10.0. The van der Waals surface area contributed by atoms with Crippen molar-refractivity contribution in [1.29, 1.82) is 0 Å². The molecule has 2 fully saturated rings. The number of benzene rings is 1. The van der Waals surface area contributed by atoms with Crippen LogP contribution in [0.15, 0.2) is 22.6 Å². The summed E-state index contributed by atoms with van der Waals surface area (Å²) in [6.07, 6.45) is 3.74. The van der Waals surface area contributed by atoms with E-state index >= 15 is 0 Å². The number of hydrogen-bond acceptors (Lipinski definition) is 3. The number of carboxylic acids is 1. The summed E-state index contributed by atoms with van der Waals surface area (Å²) < 4.78 is 5.74. The Morgan fingerprint density at radius 1 is 1.28 bits per heavy atom. The fraction of sp³-hybridized carbons (Fsp3) is 0.429. The maximum Gasteiger partial charge on any atom is 0.335 e. The van der Waals surface area contributed by atoms with Gasteiger partial charge in [-0.25, -0.2) is 9.78 Å². The summed E-state index contributed by atoms with van der Waals surface area (Å²) in [5.74, 6) is 2.07. The molecule has 18 heavy (non-hydrogen) atoms. The quantitative estimate of drug-likeness (QED) is 0.880. The fourth-order valence-corrected chi connectivity index (χ4v) is 3.17. The predicted molar refractivity (Wildman–Crippen MR) is 64.5 cm³/mol. The highest BCUT2D eigenvalue weighted by atomic mass is 16.4. The van der Waals surface area contributed by atoms with E-state index in [1.165, 1.54) is 19.3 Å². The van der Waals surface area contributed by atoms with Gasteiger partial charge in [-0.05, 0) is 49.3 Å². The summed E-state index contributed by atoms with van der Waals surface area (Å²) in [5.41, 5.74) is 1.60. The number of aromatic carboxylic acids is 1. The summed E-state index contributed by atoms with van der Waals surface area (Å²) >= 11 is 0. The van der Waals surface area contributed by atoms with Gasteiger partial charge < -0.3 is 9.52 Å². The van der Waals surface area contributed by atoms with E-state index in [0.717, 1.165) is 23.2 Å². The van der Waals surface area contributed by atoms with Crippen molar-refractivity contribution >= 4 is 17.1 Å². The second-order valence-electron chi connectivity index (χ2n) is 5.46. The molecule has 2 unspecified atom stereocenters. The second-order valence-corrected chi connectivity index (χ2v) is 5.46. The molecule has 2 atom stereocenters. The van der Waals surface area contributed by atoms with Gasteiger partial charge in [0.05, 0.1) is 5.56 Å². The molecule has 4 nitrogen and oxygen atoms in total. The minimum absolute atomic E-state index is 0.250. The average molecular weight is 243 g/mol. The minimum Gasteiger partial charge on any atom is -0.478 e. The van der Waals surface area contributed by atoms with Crippen LogP contribution < -0.4 is 0 Å². The van der Waals surface area contributed by atoms with Crippen molar-refractivity contribution in [1.82, 2.24) is 4.98 Å². The van der Waals surface area contributed by atoms with Gasteiger partial charge in [0.15, 0.2) is 11.5 Å². The van der Waals surface area contributed by atoms with E-state index in [0.29, 0.717) is 11.5 Å². The van der Waals surface area contributed by atoms with Crippen LogP contribution in [0.25, 0.3) is 11.1 Å². The third-order valence-electron chi connectivity index (χ3n) is 4.24. The molecular formula is C14H13NO3. The van der Waals surface area contributed by atoms with E-state index in [9.17, 15) is 4.79 Å². The molecule has 1 heterocycles. The van der Waals surface area contributed by atoms with Crippen LogP contribution in [-0.4, -0.2) is 16.1 Å². The molecule has 0 spiro atoms. The van der Waals surface area contributed by atoms with E-state index in [2.05, 4.69) is 4.98 Å². The highest BCUT2D eigenvalue weighted by Crippen LogP contribution is 2.57. The molecule has 2 saturated carbocycles. The van der Waals surface area contributed by atoms with E-state index in [4.69, 9.17) is 9.52 Å². The molecule has 0 amide bonds. The number of carbonyl (C=O) groups is 1. The Hall–Kier alpha value is -1.84. The van der Waals surface area contributed by atoms with Crippen molar-refractivity contribution in [3.8, 4) is 0 Å². The molecule has 4 heteroatoms.